The number of allylic oxidation sites excluding steroid dienone is 1. The monoisotopic (exact) mass is 883 g/mol. The maximum absolute atomic E-state index is 13.6. The summed E-state index contributed by atoms with van der Waals surface area (Å²) in [6, 6.07) is 0. The lowest BCUT2D eigenvalue weighted by molar-refractivity contribution is -0.193. The van der Waals surface area contributed by atoms with E-state index in [1.54, 1.807) is 13.8 Å². The quantitative estimate of drug-likeness (QED) is 0.0251. The molecular formula is C48H82O12S. The van der Waals surface area contributed by atoms with Crippen LogP contribution >= 0.6 is 0 Å². The van der Waals surface area contributed by atoms with Crippen molar-refractivity contribution in [3.63, 3.8) is 0 Å². The molecule has 1 aliphatic heterocycles. The maximum atomic E-state index is 13.6. The maximum Gasteiger partial charge on any atom is 0.397 e. The number of aliphatic hydroxyl groups is 3. The second kappa shape index (κ2) is 19.9. The van der Waals surface area contributed by atoms with Crippen LogP contribution in [0.3, 0.4) is 0 Å². The van der Waals surface area contributed by atoms with Gasteiger partial charge in [0, 0.05) is 18.8 Å². The first-order chi connectivity index (χ1) is 28.4. The van der Waals surface area contributed by atoms with Gasteiger partial charge >= 0.3 is 22.3 Å². The molecule has 3 fully saturated rings. The van der Waals surface area contributed by atoms with E-state index in [0.717, 1.165) is 69.8 Å². The van der Waals surface area contributed by atoms with E-state index >= 15 is 0 Å². The Kier molecular flexibility index (Phi) is 16.4. The molecule has 5 aliphatic rings. The van der Waals surface area contributed by atoms with Crippen LogP contribution in [-0.2, 0) is 38.4 Å². The highest BCUT2D eigenvalue weighted by molar-refractivity contribution is 7.80. The van der Waals surface area contributed by atoms with E-state index < -0.39 is 74.2 Å². The molecule has 0 radical (unpaired) electrons. The minimum Gasteiger partial charge on any atom is -0.459 e. The second-order valence-corrected chi connectivity index (χ2v) is 22.6. The number of fused-ring (bicyclic) bond motifs is 4. The van der Waals surface area contributed by atoms with Crippen LogP contribution in [0.2, 0.25) is 0 Å². The standard InChI is InChI=1S/C48H82O12S/c1-10-11-12-14-17-20-33(50)21-18-15-13-16-19-22-39(51)59-37-29-46(8)38(44(4,5)42(37)60-61(54,55)56)26-23-34-36-25-24-35(31(2)27-28-48(30-57-48)45(6,7)53)47(36,9)43(58-32(3)49)41(52)40(34)46/h31,33,35-38,41-43,50,52-53H,10-30H2,1-9H3,(H,54,55,56)/t31-,33?,35-,36?,37-,38?,41?,42+,43?,46+,47-,48?/m1/s1. The fraction of sp³-hybridized carbons (Fsp3) is 0.917. The van der Waals surface area contributed by atoms with Gasteiger partial charge in [0.2, 0.25) is 0 Å². The smallest absolute Gasteiger partial charge is 0.397 e. The lowest BCUT2D eigenvalue weighted by Gasteiger charge is -2.63. The molecule has 6 unspecified atom stereocenters. The van der Waals surface area contributed by atoms with Gasteiger partial charge < -0.3 is 29.5 Å². The topological polar surface area (TPSA) is 189 Å². The Bertz CT molecular complexity index is 1650. The van der Waals surface area contributed by atoms with Gasteiger partial charge in [-0.1, -0.05) is 105 Å². The summed E-state index contributed by atoms with van der Waals surface area (Å²) in [6.45, 7) is 17.9. The summed E-state index contributed by atoms with van der Waals surface area (Å²) >= 11 is 0. The fourth-order valence-electron chi connectivity index (χ4n) is 13.3. The molecule has 0 aromatic carbocycles. The Morgan fingerprint density at radius 1 is 0.902 bits per heavy atom. The van der Waals surface area contributed by atoms with E-state index in [1.807, 2.05) is 13.8 Å². The van der Waals surface area contributed by atoms with Crippen molar-refractivity contribution in [2.75, 3.05) is 6.61 Å². The van der Waals surface area contributed by atoms with Gasteiger partial charge in [0.1, 0.15) is 30.0 Å². The van der Waals surface area contributed by atoms with Crippen LogP contribution < -0.4 is 0 Å². The van der Waals surface area contributed by atoms with Crippen molar-refractivity contribution >= 4 is 22.3 Å². The highest BCUT2D eigenvalue weighted by atomic mass is 32.3. The van der Waals surface area contributed by atoms with Crippen molar-refractivity contribution in [1.29, 1.82) is 0 Å². The number of hydrogen-bond donors (Lipinski definition) is 4. The van der Waals surface area contributed by atoms with Crippen molar-refractivity contribution < 1.29 is 56.3 Å². The summed E-state index contributed by atoms with van der Waals surface area (Å²) in [4.78, 5) is 26.5. The van der Waals surface area contributed by atoms with Crippen LogP contribution in [0.25, 0.3) is 0 Å². The lowest BCUT2D eigenvalue weighted by atomic mass is 9.44. The molecule has 352 valence electrons. The van der Waals surface area contributed by atoms with Crippen LogP contribution in [0.4, 0.5) is 0 Å². The van der Waals surface area contributed by atoms with Gasteiger partial charge in [0.25, 0.3) is 0 Å². The van der Waals surface area contributed by atoms with Gasteiger partial charge in [-0.2, -0.15) is 8.42 Å². The number of carbonyl (C=O) groups is 2. The third-order valence-corrected chi connectivity index (χ3v) is 17.1. The molecule has 13 heteroatoms. The molecule has 61 heavy (non-hydrogen) atoms. The number of ether oxygens (including phenoxy) is 3. The molecule has 0 bridgehead atoms. The van der Waals surface area contributed by atoms with Crippen LogP contribution in [0.15, 0.2) is 11.1 Å². The van der Waals surface area contributed by atoms with E-state index in [1.165, 1.54) is 38.2 Å². The summed E-state index contributed by atoms with van der Waals surface area (Å²) in [5, 5.41) is 33.9. The van der Waals surface area contributed by atoms with Gasteiger partial charge in [-0.25, -0.2) is 4.18 Å². The molecule has 2 saturated carbocycles. The van der Waals surface area contributed by atoms with Crippen LogP contribution in [0.1, 0.15) is 191 Å². The van der Waals surface area contributed by atoms with Crippen molar-refractivity contribution in [2.45, 2.75) is 232 Å². The van der Waals surface area contributed by atoms with E-state index in [0.29, 0.717) is 32.3 Å². The lowest BCUT2D eigenvalue weighted by Crippen LogP contribution is -2.64. The molecule has 12 nitrogen and oxygen atoms in total. The number of aliphatic hydroxyl groups excluding tert-OH is 2. The number of esters is 2. The fourth-order valence-corrected chi connectivity index (χ4v) is 13.9. The van der Waals surface area contributed by atoms with Crippen LogP contribution in [-0.4, -0.2) is 88.6 Å². The molecular weight excluding hydrogens is 801 g/mol. The first kappa shape index (κ1) is 50.4. The molecule has 1 heterocycles. The van der Waals surface area contributed by atoms with Crippen molar-refractivity contribution in [3.8, 4) is 0 Å². The van der Waals surface area contributed by atoms with Gasteiger partial charge in [0.15, 0.2) is 0 Å². The molecule has 12 atom stereocenters. The van der Waals surface area contributed by atoms with Crippen molar-refractivity contribution in [1.82, 2.24) is 0 Å². The van der Waals surface area contributed by atoms with Crippen LogP contribution in [0.5, 0.6) is 0 Å². The molecule has 4 aliphatic carbocycles. The predicted octanol–water partition coefficient (Wildman–Crippen LogP) is 8.98. The van der Waals surface area contributed by atoms with E-state index in [9.17, 15) is 37.9 Å². The predicted molar refractivity (Wildman–Crippen MR) is 234 cm³/mol. The molecule has 5 rings (SSSR count). The average Bonchev–Trinajstić information content (AvgIpc) is 3.88. The first-order valence-electron chi connectivity index (χ1n) is 23.9. The number of rotatable bonds is 23. The Labute approximate surface area is 367 Å². The molecule has 0 spiro atoms. The third-order valence-electron chi connectivity index (χ3n) is 16.6. The zero-order valence-corrected chi connectivity index (χ0v) is 39.8. The molecule has 1 saturated heterocycles. The molecule has 4 N–H and O–H groups in total. The first-order valence-corrected chi connectivity index (χ1v) is 25.3. The van der Waals surface area contributed by atoms with Gasteiger partial charge in [0.05, 0.1) is 18.3 Å². The zero-order valence-electron chi connectivity index (χ0n) is 39.0. The number of epoxide rings is 1. The highest BCUT2D eigenvalue weighted by Crippen LogP contribution is 2.69. The van der Waals surface area contributed by atoms with Gasteiger partial charge in [-0.05, 0) is 118 Å². The molecule has 0 aromatic heterocycles. The Morgan fingerprint density at radius 3 is 2.08 bits per heavy atom. The van der Waals surface area contributed by atoms with Crippen molar-refractivity contribution in [3.05, 3.63) is 11.1 Å². The summed E-state index contributed by atoms with van der Waals surface area (Å²) in [5.41, 5.74) is -1.84. The summed E-state index contributed by atoms with van der Waals surface area (Å²) in [7, 11) is -4.93. The number of unbranched alkanes of at least 4 members (excludes halogenated alkanes) is 8. The Hall–Kier alpha value is -1.61. The molecule has 0 aromatic rings. The highest BCUT2D eigenvalue weighted by Gasteiger charge is 2.68. The second-order valence-electron chi connectivity index (χ2n) is 21.5. The third kappa shape index (κ3) is 11.1. The minimum absolute atomic E-state index is 0.0237. The van der Waals surface area contributed by atoms with Crippen molar-refractivity contribution in [2.24, 2.45) is 39.9 Å². The normalized spacial score (nSPS) is 35.5. The Balaban J connectivity index is 1.31. The summed E-state index contributed by atoms with van der Waals surface area (Å²) in [6.07, 6.45) is 12.3. The summed E-state index contributed by atoms with van der Waals surface area (Å²) in [5.74, 6) is -0.842. The largest absolute Gasteiger partial charge is 0.459 e. The SMILES string of the molecule is CCCCCCCC(O)CCCCCCCC(=O)O[C@@H]1C[C@]2(C)C3=C(CCC2C(C)(C)[C@H]1OS(=O)(=O)O)C1CC[C@H]([C@H](C)CCC2(C(C)(C)O)CO2)[C@@]1(C)C(OC(C)=O)C3O. The number of carbonyl (C=O) groups excluding carboxylic acids is 2. The summed E-state index contributed by atoms with van der Waals surface area (Å²) < 4.78 is 58.4. The van der Waals surface area contributed by atoms with E-state index in [2.05, 4.69) is 27.7 Å². The van der Waals surface area contributed by atoms with Gasteiger partial charge in [-0.3, -0.25) is 14.1 Å². The molecule has 0 amide bonds. The zero-order chi connectivity index (χ0) is 45.2. The minimum atomic E-state index is -4.93. The van der Waals surface area contributed by atoms with Crippen LogP contribution in [0, 0.1) is 39.9 Å². The number of hydrogen-bond acceptors (Lipinski definition) is 11. The average molecular weight is 883 g/mol. The van der Waals surface area contributed by atoms with E-state index in [4.69, 9.17) is 18.4 Å². The van der Waals surface area contributed by atoms with E-state index in [-0.39, 0.29) is 42.6 Å². The van der Waals surface area contributed by atoms with Gasteiger partial charge in [-0.15, -0.1) is 0 Å². The Morgan fingerprint density at radius 2 is 1.51 bits per heavy atom.